The fraction of sp³-hybridized carbons (Fsp3) is 0.944. The molecule has 4 radical (unpaired) electrons. The van der Waals surface area contributed by atoms with Crippen molar-refractivity contribution >= 4 is 44.4 Å². The Hall–Kier alpha value is -0.750. The molecular weight excluding hydrogens is 784 g/mol. The summed E-state index contributed by atoms with van der Waals surface area (Å²) in [5, 5.41) is 5.39. The molecule has 5 unspecified atom stereocenters. The first kappa shape index (κ1) is 58.3. The zero-order valence-corrected chi connectivity index (χ0v) is 36.9. The molecule has 2 amide bonds. The van der Waals surface area contributed by atoms with E-state index in [0.29, 0.717) is 78.6 Å². The van der Waals surface area contributed by atoms with Crippen LogP contribution in [0.15, 0.2) is 0 Å². The van der Waals surface area contributed by atoms with Crippen molar-refractivity contribution in [3.8, 4) is 0 Å². The second kappa shape index (κ2) is 43.3. The Morgan fingerprint density at radius 1 is 0.754 bits per heavy atom. The summed E-state index contributed by atoms with van der Waals surface area (Å²) >= 11 is 0. The molecule has 21 heteroatoms. The molecule has 0 aromatic rings. The van der Waals surface area contributed by atoms with E-state index in [-0.39, 0.29) is 49.9 Å². The predicted molar refractivity (Wildman–Crippen MR) is 221 cm³/mol. The summed E-state index contributed by atoms with van der Waals surface area (Å²) in [4.78, 5) is 48.0. The van der Waals surface area contributed by atoms with E-state index in [1.54, 1.807) is 7.11 Å². The van der Waals surface area contributed by atoms with E-state index in [2.05, 4.69) is 22.1 Å². The number of rotatable bonds is 33. The summed E-state index contributed by atoms with van der Waals surface area (Å²) in [6.45, 7) is 11.2. The third kappa shape index (κ3) is 44.6. The molecule has 334 valence electrons. The fourth-order valence-corrected chi connectivity index (χ4v) is 5.92. The van der Waals surface area contributed by atoms with Crippen molar-refractivity contribution in [2.24, 2.45) is 0 Å². The zero-order valence-electron chi connectivity index (χ0n) is 35.1. The largest absolute Gasteiger partial charge is 0.469 e. The first-order valence-corrected chi connectivity index (χ1v) is 23.1. The Bertz CT molecular complexity index is 935. The molecule has 2 heterocycles. The zero-order chi connectivity index (χ0) is 42.8. The predicted octanol–water partition coefficient (Wildman–Crippen LogP) is 4.17. The average molecular weight is 859 g/mol. The summed E-state index contributed by atoms with van der Waals surface area (Å²) in [5.41, 5.74) is 0. The highest BCUT2D eigenvalue weighted by atomic mass is 31.2. The van der Waals surface area contributed by atoms with Gasteiger partial charge in [0.2, 0.25) is 12.3 Å². The number of ether oxygens (including phenoxy) is 6. The number of methoxy groups -OCH3 is 1. The first-order valence-electron chi connectivity index (χ1n) is 20.4. The number of hydrogen-bond donors (Lipinski definition) is 5. The van der Waals surface area contributed by atoms with E-state index < -0.39 is 16.4 Å². The molecule has 2 fully saturated rings. The molecule has 5 N–H and O–H groups in total. The highest BCUT2D eigenvalue weighted by Gasteiger charge is 2.23. The molecule has 0 aromatic heterocycles. The van der Waals surface area contributed by atoms with Crippen molar-refractivity contribution in [3.63, 3.8) is 0 Å². The number of unbranched alkanes of at least 4 members (excludes halogenated alkanes) is 7. The van der Waals surface area contributed by atoms with Crippen LogP contribution in [-0.4, -0.2) is 153 Å². The van der Waals surface area contributed by atoms with Crippen LogP contribution in [-0.2, 0) is 56.1 Å². The second-order valence-corrected chi connectivity index (χ2v) is 15.0. The number of phosphoric ester groups is 1. The average Bonchev–Trinajstić information content (AvgIpc) is 3.81. The van der Waals surface area contributed by atoms with Crippen LogP contribution in [0, 0.1) is 0 Å². The van der Waals surface area contributed by atoms with Crippen molar-refractivity contribution < 1.29 is 70.8 Å². The lowest BCUT2D eigenvalue weighted by Crippen LogP contribution is -2.23. The van der Waals surface area contributed by atoms with Gasteiger partial charge in [0.05, 0.1) is 78.3 Å². The quantitative estimate of drug-likeness (QED) is 0.0271. The van der Waals surface area contributed by atoms with Gasteiger partial charge in [-0.1, -0.05) is 59.3 Å². The van der Waals surface area contributed by atoms with Crippen molar-refractivity contribution in [2.75, 3.05) is 86.3 Å². The van der Waals surface area contributed by atoms with E-state index in [9.17, 15) is 19.0 Å². The van der Waals surface area contributed by atoms with Gasteiger partial charge in [0.1, 0.15) is 15.7 Å². The third-order valence-corrected chi connectivity index (χ3v) is 9.10. The maximum atomic E-state index is 11.5. The van der Waals surface area contributed by atoms with Gasteiger partial charge in [0.25, 0.3) is 0 Å². The van der Waals surface area contributed by atoms with E-state index >= 15 is 0 Å². The fourth-order valence-electron chi connectivity index (χ4n) is 4.96. The van der Waals surface area contributed by atoms with Gasteiger partial charge < -0.3 is 62.8 Å². The Morgan fingerprint density at radius 2 is 1.30 bits per heavy atom. The van der Waals surface area contributed by atoms with Gasteiger partial charge in [0.15, 0.2) is 0 Å². The summed E-state index contributed by atoms with van der Waals surface area (Å²) in [5.74, 6) is 0.122. The molecule has 2 aliphatic rings. The van der Waals surface area contributed by atoms with Crippen LogP contribution < -0.4 is 10.6 Å². The minimum Gasteiger partial charge on any atom is -0.382 e. The molecule has 0 saturated carbocycles. The molecule has 2 rings (SSSR count). The lowest BCUT2D eigenvalue weighted by molar-refractivity contribution is -0.121. The second-order valence-electron chi connectivity index (χ2n) is 12.7. The molecule has 57 heavy (non-hydrogen) atoms. The highest BCUT2D eigenvalue weighted by Crippen LogP contribution is 2.36. The van der Waals surface area contributed by atoms with Crippen LogP contribution in [0.25, 0.3) is 0 Å². The maximum Gasteiger partial charge on any atom is 0.469 e. The van der Waals surface area contributed by atoms with Crippen LogP contribution in [0.4, 0.5) is 0 Å². The topological polar surface area (TPSA) is 219 Å². The first-order chi connectivity index (χ1) is 27.5. The smallest absolute Gasteiger partial charge is 0.382 e. The Labute approximate surface area is 346 Å². The number of phosphoric acid groups is 1. The van der Waals surface area contributed by atoms with E-state index in [4.69, 9.17) is 62.9 Å². The monoisotopic (exact) mass is 858 g/mol. The molecule has 2 aliphatic heterocycles. The lowest BCUT2D eigenvalue weighted by Gasteiger charge is -2.14. The van der Waals surface area contributed by atoms with Crippen LogP contribution >= 0.6 is 16.4 Å². The minimum atomic E-state index is -4.32. The molecule has 0 aromatic carbocycles. The highest BCUT2D eigenvalue weighted by molar-refractivity contribution is 7.46. The Morgan fingerprint density at radius 3 is 1.84 bits per heavy atom. The third-order valence-electron chi connectivity index (χ3n) is 7.81. The molecule has 0 spiro atoms. The molecule has 17 nitrogen and oxygen atoms in total. The van der Waals surface area contributed by atoms with E-state index in [0.717, 1.165) is 57.8 Å². The summed E-state index contributed by atoms with van der Waals surface area (Å²) in [7, 11) is 6.52. The molecule has 0 aliphatic carbocycles. The van der Waals surface area contributed by atoms with Crippen molar-refractivity contribution in [3.05, 3.63) is 0 Å². The van der Waals surface area contributed by atoms with Gasteiger partial charge in [-0.25, -0.2) is 4.57 Å². The van der Waals surface area contributed by atoms with Gasteiger partial charge in [-0.2, -0.15) is 0 Å². The van der Waals surface area contributed by atoms with E-state index in [1.807, 2.05) is 13.8 Å². The Kier molecular flexibility index (Phi) is 44.4. The number of carbonyl (C=O) groups excluding carboxylic acids is 2. The summed E-state index contributed by atoms with van der Waals surface area (Å²) in [6, 6.07) is -0.286. The van der Waals surface area contributed by atoms with Crippen LogP contribution in [0.3, 0.4) is 0 Å². The van der Waals surface area contributed by atoms with Gasteiger partial charge in [0, 0.05) is 38.6 Å². The van der Waals surface area contributed by atoms with Gasteiger partial charge in [-0.3, -0.25) is 14.1 Å². The van der Waals surface area contributed by atoms with Crippen molar-refractivity contribution in [1.29, 1.82) is 0 Å². The molecular formula is C36H74B2N2O15P2. The van der Waals surface area contributed by atoms with Gasteiger partial charge in [-0.15, -0.1) is 0 Å². The number of amides is 2. The number of hydrogen-bond acceptors (Lipinski definition) is 13. The van der Waals surface area contributed by atoms with Crippen molar-refractivity contribution in [2.45, 2.75) is 135 Å². The van der Waals surface area contributed by atoms with Crippen LogP contribution in [0.2, 0.25) is 0 Å². The standard InChI is InChI=1S/C14H27BNO8P.C14H30NO5P.C6H11BO2.C2H6/c15-14-2-1-13(24-14)11-23-25(18)22-10-9-21-8-7-20-6-5-19-4-3-16-12-17;1-2-3-4-5-8-11-14(16)15-12-9-6-7-10-13-20-21(17,18)19;1-8-4-5-2-3-6(7)9-5;1-2/h12-14,18H,1-11H2,(H,16,17);2-13H2,1H3,(H,15,16)(H2,17,18,19);5-6H,2-4H2,1H3;1-2H3. The normalized spacial score (nSPS) is 19.3. The van der Waals surface area contributed by atoms with Gasteiger partial charge >= 0.3 is 16.4 Å². The summed E-state index contributed by atoms with van der Waals surface area (Å²) in [6.07, 6.45) is 14.1. The lowest BCUT2D eigenvalue weighted by atomic mass is 9.97. The van der Waals surface area contributed by atoms with Crippen LogP contribution in [0.1, 0.15) is 111 Å². The number of carbonyl (C=O) groups is 2. The summed E-state index contributed by atoms with van der Waals surface area (Å²) < 4.78 is 56.4. The van der Waals surface area contributed by atoms with Crippen LogP contribution in [0.5, 0.6) is 0 Å². The molecule has 2 saturated heterocycles. The SMILES string of the molecule is CC.CCCCCCCC(=O)NCCCCCCOP(=O)(O)O.[B]C1CCC(COC)O1.[B]C1CCC(COP(O)OCCOCCOCCOCCNC=O)O1. The maximum absolute atomic E-state index is 11.5. The number of nitrogens with one attached hydrogen (secondary N) is 2. The molecule has 5 atom stereocenters. The molecule has 0 bridgehead atoms. The Balaban J connectivity index is 0. The van der Waals surface area contributed by atoms with Gasteiger partial charge in [-0.05, 0) is 44.9 Å². The minimum absolute atomic E-state index is 0.0508. The van der Waals surface area contributed by atoms with Crippen molar-refractivity contribution in [1.82, 2.24) is 10.6 Å². The van der Waals surface area contributed by atoms with E-state index in [1.165, 1.54) is 19.3 Å².